The first kappa shape index (κ1) is 18.8. The van der Waals surface area contributed by atoms with E-state index in [2.05, 4.69) is 5.32 Å². The third-order valence-corrected chi connectivity index (χ3v) is 3.56. The van der Waals surface area contributed by atoms with Gasteiger partial charge in [-0.25, -0.2) is 9.59 Å². The van der Waals surface area contributed by atoms with Crippen molar-refractivity contribution >= 4 is 23.1 Å². The SMILES string of the molecule is COC[C@@H](Cc1cn(C(=O)O)c2ccccc12)NC(=O)OC(C)(C)C. The summed E-state index contributed by atoms with van der Waals surface area (Å²) in [5, 5.41) is 13.0. The maximum atomic E-state index is 12.0. The number of alkyl carbamates (subject to hydrolysis) is 1. The number of fused-ring (bicyclic) bond motifs is 1. The molecule has 0 aliphatic rings. The summed E-state index contributed by atoms with van der Waals surface area (Å²) >= 11 is 0. The fourth-order valence-electron chi connectivity index (χ4n) is 2.66. The number of hydrogen-bond acceptors (Lipinski definition) is 4. The van der Waals surface area contributed by atoms with Gasteiger partial charge in [0.25, 0.3) is 0 Å². The fraction of sp³-hybridized carbons (Fsp3) is 0.444. The molecule has 0 bridgehead atoms. The van der Waals surface area contributed by atoms with E-state index in [0.717, 1.165) is 10.9 Å². The molecule has 1 aromatic heterocycles. The van der Waals surface area contributed by atoms with Crippen molar-refractivity contribution in [2.45, 2.75) is 38.8 Å². The second-order valence-corrected chi connectivity index (χ2v) is 6.83. The minimum Gasteiger partial charge on any atom is -0.464 e. The summed E-state index contributed by atoms with van der Waals surface area (Å²) in [6.07, 6.45) is 0.419. The zero-order valence-corrected chi connectivity index (χ0v) is 14.9. The van der Waals surface area contributed by atoms with Gasteiger partial charge in [0.15, 0.2) is 0 Å². The monoisotopic (exact) mass is 348 g/mol. The molecule has 0 aliphatic heterocycles. The van der Waals surface area contributed by atoms with Crippen LogP contribution in [0.25, 0.3) is 10.9 Å². The Kier molecular flexibility index (Phi) is 5.69. The van der Waals surface area contributed by atoms with Gasteiger partial charge in [0, 0.05) is 18.7 Å². The topological polar surface area (TPSA) is 89.8 Å². The van der Waals surface area contributed by atoms with Crippen molar-refractivity contribution in [2.75, 3.05) is 13.7 Å². The summed E-state index contributed by atoms with van der Waals surface area (Å²) in [5.41, 5.74) is 0.829. The van der Waals surface area contributed by atoms with Gasteiger partial charge in [0.2, 0.25) is 0 Å². The van der Waals surface area contributed by atoms with Crippen LogP contribution in [0.5, 0.6) is 0 Å². The first-order valence-electron chi connectivity index (χ1n) is 8.02. The van der Waals surface area contributed by atoms with Gasteiger partial charge in [-0.05, 0) is 38.8 Å². The predicted octanol–water partition coefficient (Wildman–Crippen LogP) is 3.25. The van der Waals surface area contributed by atoms with Crippen LogP contribution in [-0.2, 0) is 15.9 Å². The molecule has 1 aromatic carbocycles. The van der Waals surface area contributed by atoms with E-state index in [4.69, 9.17) is 9.47 Å². The number of ether oxygens (including phenoxy) is 2. The molecule has 1 heterocycles. The van der Waals surface area contributed by atoms with Crippen LogP contribution in [0.1, 0.15) is 26.3 Å². The van der Waals surface area contributed by atoms with E-state index in [0.29, 0.717) is 11.9 Å². The van der Waals surface area contributed by atoms with Crippen molar-refractivity contribution in [1.29, 1.82) is 0 Å². The van der Waals surface area contributed by atoms with Gasteiger partial charge >= 0.3 is 12.2 Å². The average molecular weight is 348 g/mol. The molecule has 0 fully saturated rings. The molecule has 0 radical (unpaired) electrons. The highest BCUT2D eigenvalue weighted by molar-refractivity contribution is 5.91. The number of aromatic nitrogens is 1. The number of para-hydroxylation sites is 1. The molecular formula is C18H24N2O5. The molecule has 0 saturated heterocycles. The number of rotatable bonds is 5. The van der Waals surface area contributed by atoms with E-state index in [1.54, 1.807) is 46.2 Å². The maximum absolute atomic E-state index is 12.0. The van der Waals surface area contributed by atoms with E-state index < -0.39 is 17.8 Å². The predicted molar refractivity (Wildman–Crippen MR) is 94.1 cm³/mol. The molecule has 136 valence electrons. The Morgan fingerprint density at radius 1 is 1.28 bits per heavy atom. The van der Waals surface area contributed by atoms with Gasteiger partial charge < -0.3 is 19.9 Å². The molecule has 0 saturated carbocycles. The van der Waals surface area contributed by atoms with Gasteiger partial charge in [-0.15, -0.1) is 0 Å². The smallest absolute Gasteiger partial charge is 0.416 e. The summed E-state index contributed by atoms with van der Waals surface area (Å²) < 4.78 is 11.6. The number of methoxy groups -OCH3 is 1. The summed E-state index contributed by atoms with van der Waals surface area (Å²) in [7, 11) is 1.55. The maximum Gasteiger partial charge on any atom is 0.416 e. The lowest BCUT2D eigenvalue weighted by atomic mass is 10.1. The van der Waals surface area contributed by atoms with Crippen LogP contribution in [-0.4, -0.2) is 47.2 Å². The molecule has 1 atom stereocenters. The molecule has 7 nitrogen and oxygen atoms in total. The average Bonchev–Trinajstić information content (AvgIpc) is 2.85. The number of nitrogens with zero attached hydrogens (tertiary/aromatic N) is 1. The molecule has 7 heteroatoms. The summed E-state index contributed by atoms with van der Waals surface area (Å²) in [6.45, 7) is 5.65. The number of nitrogens with one attached hydrogen (secondary N) is 1. The van der Waals surface area contributed by atoms with E-state index in [1.807, 2.05) is 12.1 Å². The number of carboxylic acid groups (broad SMARTS) is 1. The number of amides is 1. The number of benzene rings is 1. The third-order valence-electron chi connectivity index (χ3n) is 3.56. The van der Waals surface area contributed by atoms with Crippen molar-refractivity contribution in [3.63, 3.8) is 0 Å². The number of hydrogen-bond donors (Lipinski definition) is 2. The largest absolute Gasteiger partial charge is 0.464 e. The fourth-order valence-corrected chi connectivity index (χ4v) is 2.66. The van der Waals surface area contributed by atoms with Crippen LogP contribution in [0.4, 0.5) is 9.59 Å². The Hall–Kier alpha value is -2.54. The molecule has 2 rings (SSSR count). The van der Waals surface area contributed by atoms with Crippen LogP contribution in [0.15, 0.2) is 30.5 Å². The molecule has 0 spiro atoms. The Morgan fingerprint density at radius 3 is 2.56 bits per heavy atom. The van der Waals surface area contributed by atoms with Gasteiger partial charge in [-0.3, -0.25) is 4.57 Å². The first-order valence-corrected chi connectivity index (χ1v) is 8.02. The summed E-state index contributed by atoms with van der Waals surface area (Å²) in [5.74, 6) is 0. The minimum atomic E-state index is -1.05. The lowest BCUT2D eigenvalue weighted by molar-refractivity contribution is 0.0469. The Balaban J connectivity index is 2.23. The molecule has 2 N–H and O–H groups in total. The first-order chi connectivity index (χ1) is 11.7. The highest BCUT2D eigenvalue weighted by atomic mass is 16.6. The van der Waals surface area contributed by atoms with Crippen LogP contribution in [0.3, 0.4) is 0 Å². The lowest BCUT2D eigenvalue weighted by Crippen LogP contribution is -2.42. The van der Waals surface area contributed by atoms with E-state index in [1.165, 1.54) is 4.57 Å². The molecule has 25 heavy (non-hydrogen) atoms. The second-order valence-electron chi connectivity index (χ2n) is 6.83. The Bertz CT molecular complexity index is 760. The van der Waals surface area contributed by atoms with Crippen molar-refractivity contribution in [1.82, 2.24) is 9.88 Å². The van der Waals surface area contributed by atoms with Gasteiger partial charge in [0.1, 0.15) is 5.60 Å². The minimum absolute atomic E-state index is 0.284. The van der Waals surface area contributed by atoms with Crippen molar-refractivity contribution in [3.05, 3.63) is 36.0 Å². The zero-order chi connectivity index (χ0) is 18.6. The Labute approximate surface area is 146 Å². The molecule has 2 aromatic rings. The van der Waals surface area contributed by atoms with E-state index in [-0.39, 0.29) is 12.6 Å². The third kappa shape index (κ3) is 4.96. The summed E-state index contributed by atoms with van der Waals surface area (Å²) in [6, 6.07) is 6.91. The molecule has 1 amide bonds. The van der Waals surface area contributed by atoms with Gasteiger partial charge in [-0.1, -0.05) is 18.2 Å². The van der Waals surface area contributed by atoms with Crippen molar-refractivity contribution < 1.29 is 24.2 Å². The van der Waals surface area contributed by atoms with Crippen LogP contribution < -0.4 is 5.32 Å². The standard InChI is InChI=1S/C18H24N2O5/c1-18(2,3)25-16(21)19-13(11-24-4)9-12-10-20(17(22)23)15-8-6-5-7-14(12)15/h5-8,10,13H,9,11H2,1-4H3,(H,19,21)(H,22,23)/t13-/m1/s1. The van der Waals surface area contributed by atoms with E-state index >= 15 is 0 Å². The van der Waals surface area contributed by atoms with Crippen molar-refractivity contribution in [3.8, 4) is 0 Å². The van der Waals surface area contributed by atoms with Gasteiger partial charge in [-0.2, -0.15) is 0 Å². The van der Waals surface area contributed by atoms with Crippen LogP contribution in [0, 0.1) is 0 Å². The Morgan fingerprint density at radius 2 is 1.96 bits per heavy atom. The lowest BCUT2D eigenvalue weighted by Gasteiger charge is -2.23. The normalized spacial score (nSPS) is 12.8. The molecular weight excluding hydrogens is 324 g/mol. The quantitative estimate of drug-likeness (QED) is 0.866. The number of carbonyl (C=O) groups excluding carboxylic acids is 1. The highest BCUT2D eigenvalue weighted by Crippen LogP contribution is 2.22. The highest BCUT2D eigenvalue weighted by Gasteiger charge is 2.21. The number of carbonyl (C=O) groups is 2. The van der Waals surface area contributed by atoms with Gasteiger partial charge in [0.05, 0.1) is 18.2 Å². The van der Waals surface area contributed by atoms with Crippen LogP contribution in [0.2, 0.25) is 0 Å². The van der Waals surface area contributed by atoms with E-state index in [9.17, 15) is 14.7 Å². The second kappa shape index (κ2) is 7.57. The molecule has 0 unspecified atom stereocenters. The molecule has 0 aliphatic carbocycles. The van der Waals surface area contributed by atoms with Crippen LogP contribution >= 0.6 is 0 Å². The van der Waals surface area contributed by atoms with Crippen molar-refractivity contribution in [2.24, 2.45) is 0 Å². The zero-order valence-electron chi connectivity index (χ0n) is 14.9. The summed E-state index contributed by atoms with van der Waals surface area (Å²) in [4.78, 5) is 23.4.